The number of nitrogens with zero attached hydrogens (tertiary/aromatic N) is 1. The monoisotopic (exact) mass is 196 g/mol. The maximum atomic E-state index is 6.06. The van der Waals surface area contributed by atoms with E-state index in [4.69, 9.17) is 5.73 Å². The molecule has 0 spiro atoms. The number of likely N-dealkylation sites (tertiary alicyclic amines) is 1. The van der Waals surface area contributed by atoms with Gasteiger partial charge in [-0.05, 0) is 30.6 Å². The third kappa shape index (κ3) is 2.12. The second kappa shape index (κ2) is 3.49. The van der Waals surface area contributed by atoms with E-state index in [1.807, 2.05) is 0 Å². The summed E-state index contributed by atoms with van der Waals surface area (Å²) in [7, 11) is 0. The summed E-state index contributed by atoms with van der Waals surface area (Å²) in [5, 5.41) is 0. The summed E-state index contributed by atoms with van der Waals surface area (Å²) in [6.45, 7) is 9.48. The fourth-order valence-electron chi connectivity index (χ4n) is 3.21. The number of hydrogen-bond acceptors (Lipinski definition) is 2. The van der Waals surface area contributed by atoms with Crippen molar-refractivity contribution in [3.8, 4) is 0 Å². The van der Waals surface area contributed by atoms with Gasteiger partial charge >= 0.3 is 0 Å². The number of piperidine rings is 1. The molecule has 1 aliphatic carbocycles. The van der Waals surface area contributed by atoms with Crippen LogP contribution in [0.5, 0.6) is 0 Å². The van der Waals surface area contributed by atoms with E-state index < -0.39 is 0 Å². The lowest BCUT2D eigenvalue weighted by atomic mass is 9.67. The molecule has 2 nitrogen and oxygen atoms in total. The molecule has 0 radical (unpaired) electrons. The Balaban J connectivity index is 1.87. The van der Waals surface area contributed by atoms with Gasteiger partial charge in [0, 0.05) is 25.2 Å². The van der Waals surface area contributed by atoms with Crippen LogP contribution in [0.3, 0.4) is 0 Å². The van der Waals surface area contributed by atoms with E-state index in [1.165, 1.54) is 25.8 Å². The quantitative estimate of drug-likeness (QED) is 0.693. The lowest BCUT2D eigenvalue weighted by molar-refractivity contribution is -0.00100. The van der Waals surface area contributed by atoms with E-state index in [0.717, 1.165) is 18.5 Å². The molecule has 2 heteroatoms. The smallest absolute Gasteiger partial charge is 0.0170 e. The van der Waals surface area contributed by atoms with E-state index in [0.29, 0.717) is 11.5 Å². The minimum absolute atomic E-state index is 0.419. The molecule has 1 heterocycles. The fraction of sp³-hybridized carbons (Fsp3) is 1.00. The van der Waals surface area contributed by atoms with Crippen molar-refractivity contribution in [2.24, 2.45) is 17.1 Å². The minimum atomic E-state index is 0.419. The van der Waals surface area contributed by atoms with Crippen molar-refractivity contribution in [2.45, 2.75) is 52.1 Å². The molecular weight excluding hydrogens is 172 g/mol. The molecule has 0 aromatic rings. The Kier molecular flexibility index (Phi) is 2.61. The highest BCUT2D eigenvalue weighted by atomic mass is 15.2. The SMILES string of the molecule is CC1CC(N)CN(C2CC(C)(C)C2)C1. The Morgan fingerprint density at radius 3 is 2.36 bits per heavy atom. The van der Waals surface area contributed by atoms with Crippen LogP contribution in [0, 0.1) is 11.3 Å². The number of nitrogens with two attached hydrogens (primary N) is 1. The average Bonchev–Trinajstić information content (AvgIpc) is 1.97. The van der Waals surface area contributed by atoms with Gasteiger partial charge in [0.1, 0.15) is 0 Å². The summed E-state index contributed by atoms with van der Waals surface area (Å²) < 4.78 is 0. The first-order chi connectivity index (χ1) is 6.46. The van der Waals surface area contributed by atoms with Crippen molar-refractivity contribution in [1.29, 1.82) is 0 Å². The van der Waals surface area contributed by atoms with Crippen molar-refractivity contribution >= 4 is 0 Å². The van der Waals surface area contributed by atoms with Gasteiger partial charge in [0.2, 0.25) is 0 Å². The van der Waals surface area contributed by atoms with Crippen LogP contribution in [0.4, 0.5) is 0 Å². The molecule has 14 heavy (non-hydrogen) atoms. The van der Waals surface area contributed by atoms with Crippen LogP contribution in [0.15, 0.2) is 0 Å². The van der Waals surface area contributed by atoms with E-state index >= 15 is 0 Å². The van der Waals surface area contributed by atoms with Crippen molar-refractivity contribution in [3.63, 3.8) is 0 Å². The standard InChI is InChI=1S/C12H24N2/c1-9-4-10(13)8-14(7-9)11-5-12(2,3)6-11/h9-11H,4-8,13H2,1-3H3. The Bertz CT molecular complexity index is 194. The summed E-state index contributed by atoms with van der Waals surface area (Å²) in [5.74, 6) is 0.794. The fourth-order valence-corrected chi connectivity index (χ4v) is 3.21. The summed E-state index contributed by atoms with van der Waals surface area (Å²) in [5.41, 5.74) is 6.65. The molecule has 1 saturated heterocycles. The van der Waals surface area contributed by atoms with Gasteiger partial charge in [-0.25, -0.2) is 0 Å². The molecular formula is C12H24N2. The molecule has 2 fully saturated rings. The van der Waals surface area contributed by atoms with Crippen LogP contribution in [0.25, 0.3) is 0 Å². The van der Waals surface area contributed by atoms with E-state index in [1.54, 1.807) is 0 Å². The van der Waals surface area contributed by atoms with Gasteiger partial charge in [-0.15, -0.1) is 0 Å². The van der Waals surface area contributed by atoms with Crippen LogP contribution in [0.1, 0.15) is 40.0 Å². The molecule has 0 amide bonds. The Hall–Kier alpha value is -0.0800. The molecule has 2 aliphatic rings. The molecule has 1 saturated carbocycles. The first-order valence-electron chi connectivity index (χ1n) is 5.96. The molecule has 0 aromatic heterocycles. The van der Waals surface area contributed by atoms with Gasteiger partial charge in [-0.3, -0.25) is 4.90 Å². The van der Waals surface area contributed by atoms with Gasteiger partial charge < -0.3 is 5.73 Å². The Morgan fingerprint density at radius 2 is 1.86 bits per heavy atom. The summed E-state index contributed by atoms with van der Waals surface area (Å²) >= 11 is 0. The van der Waals surface area contributed by atoms with Gasteiger partial charge in [0.25, 0.3) is 0 Å². The molecule has 0 aromatic carbocycles. The van der Waals surface area contributed by atoms with Crippen molar-refractivity contribution in [1.82, 2.24) is 4.90 Å². The predicted molar refractivity (Wildman–Crippen MR) is 60.1 cm³/mol. The lowest BCUT2D eigenvalue weighted by Gasteiger charge is -2.51. The lowest BCUT2D eigenvalue weighted by Crippen LogP contribution is -2.56. The van der Waals surface area contributed by atoms with Crippen LogP contribution in [-0.4, -0.2) is 30.1 Å². The van der Waals surface area contributed by atoms with Gasteiger partial charge in [-0.1, -0.05) is 20.8 Å². The molecule has 82 valence electrons. The summed E-state index contributed by atoms with van der Waals surface area (Å²) in [6, 6.07) is 1.25. The normalized spacial score (nSPS) is 39.4. The van der Waals surface area contributed by atoms with E-state index in [9.17, 15) is 0 Å². The summed E-state index contributed by atoms with van der Waals surface area (Å²) in [4.78, 5) is 2.63. The van der Waals surface area contributed by atoms with Crippen molar-refractivity contribution in [3.05, 3.63) is 0 Å². The maximum absolute atomic E-state index is 6.06. The van der Waals surface area contributed by atoms with Gasteiger partial charge in [-0.2, -0.15) is 0 Å². The molecule has 2 unspecified atom stereocenters. The number of rotatable bonds is 1. The first kappa shape index (κ1) is 10.4. The number of hydrogen-bond donors (Lipinski definition) is 1. The highest BCUT2D eigenvalue weighted by Crippen LogP contribution is 2.43. The predicted octanol–water partition coefficient (Wildman–Crippen LogP) is 1.84. The minimum Gasteiger partial charge on any atom is -0.327 e. The zero-order valence-electron chi connectivity index (χ0n) is 9.79. The van der Waals surface area contributed by atoms with Crippen LogP contribution >= 0.6 is 0 Å². The highest BCUT2D eigenvalue weighted by Gasteiger charge is 2.41. The third-order valence-corrected chi connectivity index (χ3v) is 3.81. The van der Waals surface area contributed by atoms with Crippen molar-refractivity contribution in [2.75, 3.05) is 13.1 Å². The highest BCUT2D eigenvalue weighted by molar-refractivity contribution is 4.95. The van der Waals surface area contributed by atoms with Crippen LogP contribution in [-0.2, 0) is 0 Å². The van der Waals surface area contributed by atoms with E-state index in [-0.39, 0.29) is 0 Å². The molecule has 2 N–H and O–H groups in total. The molecule has 0 bridgehead atoms. The second-order valence-corrected chi connectivity index (χ2v) is 6.28. The van der Waals surface area contributed by atoms with Crippen LogP contribution in [0.2, 0.25) is 0 Å². The van der Waals surface area contributed by atoms with Gasteiger partial charge in [0.15, 0.2) is 0 Å². The second-order valence-electron chi connectivity index (χ2n) is 6.28. The average molecular weight is 196 g/mol. The first-order valence-corrected chi connectivity index (χ1v) is 5.96. The van der Waals surface area contributed by atoms with E-state index in [2.05, 4.69) is 25.7 Å². The Morgan fingerprint density at radius 1 is 1.21 bits per heavy atom. The Labute approximate surface area is 87.8 Å². The zero-order chi connectivity index (χ0) is 10.3. The molecule has 1 aliphatic heterocycles. The summed E-state index contributed by atoms with van der Waals surface area (Å²) in [6.07, 6.45) is 3.95. The van der Waals surface area contributed by atoms with Gasteiger partial charge in [0.05, 0.1) is 0 Å². The topological polar surface area (TPSA) is 29.3 Å². The molecule has 2 atom stereocenters. The largest absolute Gasteiger partial charge is 0.327 e. The maximum Gasteiger partial charge on any atom is 0.0170 e. The van der Waals surface area contributed by atoms with Crippen LogP contribution < -0.4 is 5.73 Å². The molecule has 2 rings (SSSR count). The zero-order valence-corrected chi connectivity index (χ0v) is 9.79. The third-order valence-electron chi connectivity index (χ3n) is 3.81. The van der Waals surface area contributed by atoms with Crippen molar-refractivity contribution < 1.29 is 0 Å².